The minimum atomic E-state index is -0.632. The topological polar surface area (TPSA) is 43.7 Å². The predicted molar refractivity (Wildman–Crippen MR) is 68.9 cm³/mol. The molecule has 1 heterocycles. The zero-order valence-corrected chi connectivity index (χ0v) is 11.1. The van der Waals surface area contributed by atoms with Crippen molar-refractivity contribution in [2.75, 3.05) is 26.7 Å². The van der Waals surface area contributed by atoms with Gasteiger partial charge in [-0.3, -0.25) is 0 Å². The molecule has 0 aromatic rings. The number of aliphatic hydroxyl groups is 2. The lowest BCUT2D eigenvalue weighted by Crippen LogP contribution is -2.52. The SMILES string of the molecule is CN1CCCC(O)(C2(CO)CCCCC2)CC1. The van der Waals surface area contributed by atoms with E-state index in [0.717, 1.165) is 45.2 Å². The van der Waals surface area contributed by atoms with Crippen LogP contribution in [-0.2, 0) is 0 Å². The fourth-order valence-corrected chi connectivity index (χ4v) is 3.78. The Hall–Kier alpha value is -0.120. The second-order valence-corrected chi connectivity index (χ2v) is 6.19. The molecule has 2 aliphatic rings. The minimum absolute atomic E-state index is 0.160. The second-order valence-electron chi connectivity index (χ2n) is 6.19. The molecule has 1 atom stereocenters. The number of nitrogens with zero attached hydrogens (tertiary/aromatic N) is 1. The van der Waals surface area contributed by atoms with Crippen molar-refractivity contribution < 1.29 is 10.2 Å². The van der Waals surface area contributed by atoms with Crippen molar-refractivity contribution in [3.8, 4) is 0 Å². The Morgan fingerprint density at radius 3 is 2.29 bits per heavy atom. The van der Waals surface area contributed by atoms with Gasteiger partial charge in [-0.1, -0.05) is 19.3 Å². The van der Waals surface area contributed by atoms with E-state index in [2.05, 4.69) is 11.9 Å². The summed E-state index contributed by atoms with van der Waals surface area (Å²) in [6, 6.07) is 0. The summed E-state index contributed by atoms with van der Waals surface area (Å²) in [5.74, 6) is 0. The van der Waals surface area contributed by atoms with Crippen LogP contribution in [0.25, 0.3) is 0 Å². The van der Waals surface area contributed by atoms with Gasteiger partial charge in [0.2, 0.25) is 0 Å². The summed E-state index contributed by atoms with van der Waals surface area (Å²) in [7, 11) is 2.12. The fourth-order valence-electron chi connectivity index (χ4n) is 3.78. The van der Waals surface area contributed by atoms with Gasteiger partial charge in [0.05, 0.1) is 12.2 Å². The molecule has 3 nitrogen and oxygen atoms in total. The first-order valence-electron chi connectivity index (χ1n) is 7.14. The van der Waals surface area contributed by atoms with Gasteiger partial charge in [0, 0.05) is 12.0 Å². The van der Waals surface area contributed by atoms with E-state index in [9.17, 15) is 10.2 Å². The predicted octanol–water partition coefficient (Wildman–Crippen LogP) is 1.78. The summed E-state index contributed by atoms with van der Waals surface area (Å²) in [5.41, 5.74) is -0.844. The minimum Gasteiger partial charge on any atom is -0.396 e. The molecule has 100 valence electrons. The van der Waals surface area contributed by atoms with Gasteiger partial charge < -0.3 is 15.1 Å². The molecule has 1 aliphatic heterocycles. The van der Waals surface area contributed by atoms with Crippen molar-refractivity contribution in [2.24, 2.45) is 5.41 Å². The van der Waals surface area contributed by atoms with Crippen molar-refractivity contribution in [1.29, 1.82) is 0 Å². The normalized spacial score (nSPS) is 35.5. The fraction of sp³-hybridized carbons (Fsp3) is 1.00. The van der Waals surface area contributed by atoms with Gasteiger partial charge in [-0.25, -0.2) is 0 Å². The summed E-state index contributed by atoms with van der Waals surface area (Å²) < 4.78 is 0. The van der Waals surface area contributed by atoms with Crippen molar-refractivity contribution in [3.63, 3.8) is 0 Å². The molecule has 17 heavy (non-hydrogen) atoms. The van der Waals surface area contributed by atoms with Gasteiger partial charge in [0.25, 0.3) is 0 Å². The third-order valence-electron chi connectivity index (χ3n) is 5.14. The molecule has 0 radical (unpaired) electrons. The molecule has 1 saturated heterocycles. The average molecular weight is 241 g/mol. The summed E-state index contributed by atoms with van der Waals surface area (Å²) >= 11 is 0. The Kier molecular flexibility index (Phi) is 4.11. The molecular formula is C14H27NO2. The van der Waals surface area contributed by atoms with Gasteiger partial charge in [0.15, 0.2) is 0 Å². The molecule has 1 unspecified atom stereocenters. The lowest BCUT2D eigenvalue weighted by Gasteiger charge is -2.48. The van der Waals surface area contributed by atoms with Crippen molar-refractivity contribution in [3.05, 3.63) is 0 Å². The lowest BCUT2D eigenvalue weighted by atomic mass is 9.61. The first-order valence-corrected chi connectivity index (χ1v) is 7.14. The Bertz CT molecular complexity index is 251. The highest BCUT2D eigenvalue weighted by molar-refractivity contribution is 5.01. The molecule has 0 aromatic heterocycles. The zero-order valence-electron chi connectivity index (χ0n) is 11.1. The first-order chi connectivity index (χ1) is 8.12. The second kappa shape index (κ2) is 5.25. The Morgan fingerprint density at radius 1 is 0.941 bits per heavy atom. The molecule has 0 amide bonds. The molecule has 1 saturated carbocycles. The number of rotatable bonds is 2. The lowest BCUT2D eigenvalue weighted by molar-refractivity contribution is -0.135. The van der Waals surface area contributed by atoms with Crippen LogP contribution in [0.5, 0.6) is 0 Å². The standard InChI is InChI=1S/C14H27NO2/c1-15-10-5-8-14(17,9-11-15)13(12-16)6-3-2-4-7-13/h16-17H,2-12H2,1H3. The summed E-state index contributed by atoms with van der Waals surface area (Å²) in [4.78, 5) is 2.30. The van der Waals surface area contributed by atoms with E-state index < -0.39 is 5.60 Å². The highest BCUT2D eigenvalue weighted by atomic mass is 16.3. The molecule has 2 N–H and O–H groups in total. The van der Waals surface area contributed by atoms with Crippen molar-refractivity contribution in [1.82, 2.24) is 4.90 Å². The third-order valence-corrected chi connectivity index (χ3v) is 5.14. The van der Waals surface area contributed by atoms with E-state index >= 15 is 0 Å². The van der Waals surface area contributed by atoms with E-state index in [1.54, 1.807) is 0 Å². The quantitative estimate of drug-likeness (QED) is 0.774. The average Bonchev–Trinajstić information content (AvgIpc) is 2.53. The van der Waals surface area contributed by atoms with E-state index in [0.29, 0.717) is 0 Å². The van der Waals surface area contributed by atoms with Crippen LogP contribution in [0.2, 0.25) is 0 Å². The number of hydrogen-bond donors (Lipinski definition) is 2. The molecule has 0 spiro atoms. The molecule has 2 fully saturated rings. The maximum absolute atomic E-state index is 11.1. The molecule has 0 bridgehead atoms. The monoisotopic (exact) mass is 241 g/mol. The van der Waals surface area contributed by atoms with Crippen molar-refractivity contribution in [2.45, 2.75) is 57.0 Å². The third kappa shape index (κ3) is 2.51. The van der Waals surface area contributed by atoms with E-state index in [1.165, 1.54) is 19.3 Å². The van der Waals surface area contributed by atoms with Gasteiger partial charge in [-0.2, -0.15) is 0 Å². The molecule has 2 rings (SSSR count). The summed E-state index contributed by atoms with van der Waals surface area (Å²) in [6.07, 6.45) is 8.33. The van der Waals surface area contributed by atoms with E-state index in [4.69, 9.17) is 0 Å². The van der Waals surface area contributed by atoms with Crippen LogP contribution in [0.15, 0.2) is 0 Å². The summed E-state index contributed by atoms with van der Waals surface area (Å²) in [6.45, 7) is 2.19. The highest BCUT2D eigenvalue weighted by Gasteiger charge is 2.49. The number of hydrogen-bond acceptors (Lipinski definition) is 3. The molecular weight excluding hydrogens is 214 g/mol. The van der Waals surface area contributed by atoms with E-state index in [-0.39, 0.29) is 12.0 Å². The highest BCUT2D eigenvalue weighted by Crippen LogP contribution is 2.48. The van der Waals surface area contributed by atoms with Gasteiger partial charge in [-0.15, -0.1) is 0 Å². The van der Waals surface area contributed by atoms with Crippen LogP contribution in [-0.4, -0.2) is 47.5 Å². The van der Waals surface area contributed by atoms with Crippen LogP contribution in [0.3, 0.4) is 0 Å². The molecule has 3 heteroatoms. The maximum atomic E-state index is 11.1. The Labute approximate surface area is 105 Å². The maximum Gasteiger partial charge on any atom is 0.0738 e. The number of aliphatic hydroxyl groups excluding tert-OH is 1. The van der Waals surface area contributed by atoms with Gasteiger partial charge >= 0.3 is 0 Å². The smallest absolute Gasteiger partial charge is 0.0738 e. The van der Waals surface area contributed by atoms with Crippen LogP contribution in [0.4, 0.5) is 0 Å². The number of likely N-dealkylation sites (tertiary alicyclic amines) is 1. The van der Waals surface area contributed by atoms with E-state index in [1.807, 2.05) is 0 Å². The van der Waals surface area contributed by atoms with Crippen LogP contribution in [0.1, 0.15) is 51.4 Å². The summed E-state index contributed by atoms with van der Waals surface area (Å²) in [5, 5.41) is 20.9. The first kappa shape index (κ1) is 13.3. The van der Waals surface area contributed by atoms with Gasteiger partial charge in [0.1, 0.15) is 0 Å². The van der Waals surface area contributed by atoms with Crippen LogP contribution < -0.4 is 0 Å². The van der Waals surface area contributed by atoms with Crippen LogP contribution >= 0.6 is 0 Å². The van der Waals surface area contributed by atoms with Crippen molar-refractivity contribution >= 4 is 0 Å². The molecule has 1 aliphatic carbocycles. The Morgan fingerprint density at radius 2 is 1.65 bits per heavy atom. The van der Waals surface area contributed by atoms with Crippen LogP contribution in [0, 0.1) is 5.41 Å². The zero-order chi connectivity index (χ0) is 12.4. The molecule has 0 aromatic carbocycles. The Balaban J connectivity index is 2.15. The van der Waals surface area contributed by atoms with Gasteiger partial charge in [-0.05, 0) is 45.7 Å². The largest absolute Gasteiger partial charge is 0.396 e.